The number of anilines is 1. The second-order valence-corrected chi connectivity index (χ2v) is 7.40. The van der Waals surface area contributed by atoms with Gasteiger partial charge in [-0.05, 0) is 63.1 Å². The highest BCUT2D eigenvalue weighted by Crippen LogP contribution is 2.23. The predicted octanol–water partition coefficient (Wildman–Crippen LogP) is 4.91. The molecule has 0 radical (unpaired) electrons. The van der Waals surface area contributed by atoms with Crippen molar-refractivity contribution in [3.8, 4) is 0 Å². The predicted molar refractivity (Wildman–Crippen MR) is 107 cm³/mol. The van der Waals surface area contributed by atoms with E-state index >= 15 is 0 Å². The summed E-state index contributed by atoms with van der Waals surface area (Å²) in [6.07, 6.45) is 0. The largest absolute Gasteiger partial charge is 0.479 e. The van der Waals surface area contributed by atoms with Crippen LogP contribution >= 0.6 is 0 Å². The molecule has 0 saturated heterocycles. The highest BCUT2D eigenvalue weighted by Gasteiger charge is 2.21. The van der Waals surface area contributed by atoms with Crippen LogP contribution in [-0.4, -0.2) is 22.6 Å². The van der Waals surface area contributed by atoms with Crippen molar-refractivity contribution in [1.29, 1.82) is 0 Å². The molecule has 0 aliphatic heterocycles. The van der Waals surface area contributed by atoms with Gasteiger partial charge in [0.2, 0.25) is 0 Å². The maximum atomic E-state index is 12.1. The van der Waals surface area contributed by atoms with Crippen molar-refractivity contribution < 1.29 is 19.4 Å². The third-order valence-corrected chi connectivity index (χ3v) is 3.81. The first kappa shape index (κ1) is 20.2. The Balaban J connectivity index is 2.16. The number of allylic oxidation sites excluding steroid dienone is 1. The van der Waals surface area contributed by atoms with Crippen LogP contribution in [0.4, 0.5) is 5.69 Å². The average molecular weight is 367 g/mol. The van der Waals surface area contributed by atoms with Crippen LogP contribution < -0.4 is 5.32 Å². The van der Waals surface area contributed by atoms with Gasteiger partial charge in [0.1, 0.15) is 5.60 Å². The smallest absolute Gasteiger partial charge is 0.338 e. The molecule has 0 amide bonds. The van der Waals surface area contributed by atoms with Gasteiger partial charge < -0.3 is 15.2 Å². The van der Waals surface area contributed by atoms with E-state index in [0.29, 0.717) is 16.8 Å². The molecule has 2 aromatic carbocycles. The number of ether oxygens (including phenoxy) is 1. The summed E-state index contributed by atoms with van der Waals surface area (Å²) in [5.41, 5.74) is 2.94. The SMILES string of the molecule is C=C(C)c1ccc(C(Nc2ccc(C(=O)OC(C)(C)C)cc2)C(=O)O)cc1. The second kappa shape index (κ2) is 8.08. The van der Waals surface area contributed by atoms with Crippen LogP contribution in [0.3, 0.4) is 0 Å². The van der Waals surface area contributed by atoms with E-state index in [1.807, 2.05) is 19.1 Å². The minimum atomic E-state index is -0.991. The average Bonchev–Trinajstić information content (AvgIpc) is 2.58. The van der Waals surface area contributed by atoms with E-state index in [-0.39, 0.29) is 0 Å². The number of carboxylic acid groups (broad SMARTS) is 1. The zero-order valence-electron chi connectivity index (χ0n) is 16.1. The molecule has 27 heavy (non-hydrogen) atoms. The molecule has 142 valence electrons. The van der Waals surface area contributed by atoms with E-state index in [2.05, 4.69) is 11.9 Å². The van der Waals surface area contributed by atoms with Gasteiger partial charge in [-0.25, -0.2) is 9.59 Å². The van der Waals surface area contributed by atoms with Gasteiger partial charge in [-0.3, -0.25) is 0 Å². The standard InChI is InChI=1S/C22H25NO4/c1-14(2)15-6-8-16(9-7-15)19(20(24)25)23-18-12-10-17(11-13-18)21(26)27-22(3,4)5/h6-13,19,23H,1H2,2-5H3,(H,24,25). The molecule has 2 N–H and O–H groups in total. The zero-order chi connectivity index (χ0) is 20.2. The first-order valence-corrected chi connectivity index (χ1v) is 8.65. The Hall–Kier alpha value is -3.08. The Kier molecular flexibility index (Phi) is 6.05. The molecule has 5 nitrogen and oxygen atoms in total. The molecule has 1 unspecified atom stereocenters. The highest BCUT2D eigenvalue weighted by atomic mass is 16.6. The Morgan fingerprint density at radius 1 is 1.00 bits per heavy atom. The van der Waals surface area contributed by atoms with E-state index in [1.54, 1.807) is 57.2 Å². The van der Waals surface area contributed by atoms with Gasteiger partial charge in [-0.1, -0.05) is 36.4 Å². The third-order valence-electron chi connectivity index (χ3n) is 3.81. The molecule has 2 aromatic rings. The fourth-order valence-corrected chi connectivity index (χ4v) is 2.45. The van der Waals surface area contributed by atoms with Gasteiger partial charge in [0.15, 0.2) is 6.04 Å². The van der Waals surface area contributed by atoms with Crippen molar-refractivity contribution in [1.82, 2.24) is 0 Å². The molecular formula is C22H25NO4. The van der Waals surface area contributed by atoms with Crippen molar-refractivity contribution in [2.75, 3.05) is 5.32 Å². The molecule has 0 aliphatic carbocycles. The van der Waals surface area contributed by atoms with E-state index in [9.17, 15) is 14.7 Å². The topological polar surface area (TPSA) is 75.6 Å². The Morgan fingerprint density at radius 3 is 1.96 bits per heavy atom. The molecular weight excluding hydrogens is 342 g/mol. The number of carbonyl (C=O) groups is 2. The Bertz CT molecular complexity index is 830. The lowest BCUT2D eigenvalue weighted by Gasteiger charge is -2.20. The normalized spacial score (nSPS) is 12.1. The second-order valence-electron chi connectivity index (χ2n) is 7.40. The van der Waals surface area contributed by atoms with Gasteiger partial charge in [-0.2, -0.15) is 0 Å². The van der Waals surface area contributed by atoms with Crippen molar-refractivity contribution in [2.24, 2.45) is 0 Å². The molecule has 2 rings (SSSR count). The first-order valence-electron chi connectivity index (χ1n) is 8.65. The lowest BCUT2D eigenvalue weighted by Crippen LogP contribution is -2.24. The molecule has 0 spiro atoms. The molecule has 0 bridgehead atoms. The van der Waals surface area contributed by atoms with Crippen LogP contribution in [0.1, 0.15) is 55.2 Å². The number of esters is 1. The summed E-state index contributed by atoms with van der Waals surface area (Å²) in [6, 6.07) is 12.9. The minimum Gasteiger partial charge on any atom is -0.479 e. The number of hydrogen-bond donors (Lipinski definition) is 2. The summed E-state index contributed by atoms with van der Waals surface area (Å²) < 4.78 is 5.32. The number of nitrogens with one attached hydrogen (secondary N) is 1. The molecule has 5 heteroatoms. The fourth-order valence-electron chi connectivity index (χ4n) is 2.45. The van der Waals surface area contributed by atoms with Gasteiger partial charge in [0.05, 0.1) is 5.56 Å². The number of aliphatic carboxylic acids is 1. The van der Waals surface area contributed by atoms with Crippen LogP contribution in [0, 0.1) is 0 Å². The van der Waals surface area contributed by atoms with E-state index in [1.165, 1.54) is 0 Å². The van der Waals surface area contributed by atoms with Crippen molar-refractivity contribution in [2.45, 2.75) is 39.3 Å². The number of rotatable bonds is 6. The summed E-state index contributed by atoms with van der Waals surface area (Å²) in [5.74, 6) is -1.41. The lowest BCUT2D eigenvalue weighted by molar-refractivity contribution is -0.138. The summed E-state index contributed by atoms with van der Waals surface area (Å²) >= 11 is 0. The van der Waals surface area contributed by atoms with E-state index < -0.39 is 23.6 Å². The number of hydrogen-bond acceptors (Lipinski definition) is 4. The Morgan fingerprint density at radius 2 is 1.52 bits per heavy atom. The molecule has 0 fully saturated rings. The van der Waals surface area contributed by atoms with E-state index in [0.717, 1.165) is 11.1 Å². The number of benzene rings is 2. The molecule has 0 heterocycles. The van der Waals surface area contributed by atoms with Crippen molar-refractivity contribution >= 4 is 23.2 Å². The number of carboxylic acids is 1. The van der Waals surface area contributed by atoms with Gasteiger partial charge in [0, 0.05) is 5.69 Å². The minimum absolute atomic E-state index is 0.410. The van der Waals surface area contributed by atoms with Crippen LogP contribution in [-0.2, 0) is 9.53 Å². The van der Waals surface area contributed by atoms with Crippen LogP contribution in [0.5, 0.6) is 0 Å². The van der Waals surface area contributed by atoms with Gasteiger partial charge >= 0.3 is 11.9 Å². The Labute approximate surface area is 159 Å². The summed E-state index contributed by atoms with van der Waals surface area (Å²) in [5, 5.41) is 12.6. The first-order chi connectivity index (χ1) is 12.6. The number of carbonyl (C=O) groups excluding carboxylic acids is 1. The highest BCUT2D eigenvalue weighted by molar-refractivity contribution is 5.90. The lowest BCUT2D eigenvalue weighted by atomic mass is 10.0. The molecule has 1 atom stereocenters. The quantitative estimate of drug-likeness (QED) is 0.709. The molecule has 0 aliphatic rings. The van der Waals surface area contributed by atoms with Gasteiger partial charge in [-0.15, -0.1) is 0 Å². The summed E-state index contributed by atoms with van der Waals surface area (Å²) in [7, 11) is 0. The monoisotopic (exact) mass is 367 g/mol. The fraction of sp³-hybridized carbons (Fsp3) is 0.273. The maximum absolute atomic E-state index is 12.1. The van der Waals surface area contributed by atoms with Crippen molar-refractivity contribution in [3.63, 3.8) is 0 Å². The maximum Gasteiger partial charge on any atom is 0.338 e. The van der Waals surface area contributed by atoms with Crippen molar-refractivity contribution in [3.05, 3.63) is 71.8 Å². The third kappa shape index (κ3) is 5.71. The molecule has 0 aromatic heterocycles. The zero-order valence-corrected chi connectivity index (χ0v) is 16.1. The van der Waals surface area contributed by atoms with Crippen LogP contribution in [0.25, 0.3) is 5.57 Å². The molecule has 0 saturated carbocycles. The van der Waals surface area contributed by atoms with Crippen LogP contribution in [0.15, 0.2) is 55.1 Å². The van der Waals surface area contributed by atoms with Crippen LogP contribution in [0.2, 0.25) is 0 Å². The summed E-state index contributed by atoms with van der Waals surface area (Å²) in [6.45, 7) is 11.2. The van der Waals surface area contributed by atoms with Gasteiger partial charge in [0.25, 0.3) is 0 Å². The van der Waals surface area contributed by atoms with E-state index in [4.69, 9.17) is 4.74 Å². The summed E-state index contributed by atoms with van der Waals surface area (Å²) in [4.78, 5) is 23.8.